The molecule has 0 bridgehead atoms. The maximum Gasteiger partial charge on any atom is 0.133 e. The van der Waals surface area contributed by atoms with E-state index in [0.717, 1.165) is 31.4 Å². The SMILES string of the molecule is CN(CCc1ccccc1)C1(c2cccc(O)c2)CCC(=O)CC1. The molecule has 0 saturated heterocycles. The summed E-state index contributed by atoms with van der Waals surface area (Å²) in [6.45, 7) is 0.924. The third-order valence-electron chi connectivity index (χ3n) is 5.33. The molecular formula is C21H25NO2. The van der Waals surface area contributed by atoms with Gasteiger partial charge in [0.25, 0.3) is 0 Å². The monoisotopic (exact) mass is 323 g/mol. The summed E-state index contributed by atoms with van der Waals surface area (Å²) in [6.07, 6.45) is 3.85. The number of hydrogen-bond donors (Lipinski definition) is 1. The van der Waals surface area contributed by atoms with Crippen molar-refractivity contribution >= 4 is 5.78 Å². The van der Waals surface area contributed by atoms with E-state index in [2.05, 4.69) is 42.3 Å². The molecule has 1 saturated carbocycles. The molecule has 0 aromatic heterocycles. The largest absolute Gasteiger partial charge is 0.508 e. The van der Waals surface area contributed by atoms with Crippen molar-refractivity contribution < 1.29 is 9.90 Å². The lowest BCUT2D eigenvalue weighted by atomic mass is 9.75. The molecule has 3 rings (SSSR count). The van der Waals surface area contributed by atoms with Gasteiger partial charge < -0.3 is 5.11 Å². The van der Waals surface area contributed by atoms with E-state index in [4.69, 9.17) is 0 Å². The van der Waals surface area contributed by atoms with Gasteiger partial charge in [0, 0.05) is 24.9 Å². The normalized spacial score (nSPS) is 17.2. The zero-order valence-corrected chi connectivity index (χ0v) is 14.2. The smallest absolute Gasteiger partial charge is 0.133 e. The second-order valence-electron chi connectivity index (χ2n) is 6.78. The number of phenols is 1. The molecule has 1 N–H and O–H groups in total. The first-order valence-electron chi connectivity index (χ1n) is 8.66. The Bertz CT molecular complexity index is 686. The van der Waals surface area contributed by atoms with Crippen molar-refractivity contribution in [3.8, 4) is 5.75 Å². The lowest BCUT2D eigenvalue weighted by Gasteiger charge is -2.45. The predicted octanol–water partition coefficient (Wildman–Crippen LogP) is 3.91. The van der Waals surface area contributed by atoms with Crippen LogP contribution < -0.4 is 0 Å². The van der Waals surface area contributed by atoms with Crippen molar-refractivity contribution in [3.05, 3.63) is 65.7 Å². The topological polar surface area (TPSA) is 40.5 Å². The number of likely N-dealkylation sites (N-methyl/N-ethyl adjacent to an activating group) is 1. The Morgan fingerprint density at radius 1 is 1.04 bits per heavy atom. The van der Waals surface area contributed by atoms with Gasteiger partial charge in [0.2, 0.25) is 0 Å². The van der Waals surface area contributed by atoms with Crippen molar-refractivity contribution in [2.45, 2.75) is 37.6 Å². The molecule has 3 nitrogen and oxygen atoms in total. The van der Waals surface area contributed by atoms with E-state index in [0.29, 0.717) is 24.4 Å². The molecule has 0 aliphatic heterocycles. The minimum absolute atomic E-state index is 0.165. The summed E-state index contributed by atoms with van der Waals surface area (Å²) in [5.74, 6) is 0.641. The molecule has 0 atom stereocenters. The molecule has 3 heteroatoms. The fourth-order valence-electron chi connectivity index (χ4n) is 3.78. The number of nitrogens with zero attached hydrogens (tertiary/aromatic N) is 1. The second-order valence-corrected chi connectivity index (χ2v) is 6.78. The van der Waals surface area contributed by atoms with Crippen molar-refractivity contribution in [1.29, 1.82) is 0 Å². The second kappa shape index (κ2) is 7.18. The van der Waals surface area contributed by atoms with Gasteiger partial charge >= 0.3 is 0 Å². The van der Waals surface area contributed by atoms with Crippen LogP contribution in [-0.4, -0.2) is 29.4 Å². The molecule has 0 spiro atoms. The van der Waals surface area contributed by atoms with Gasteiger partial charge in [-0.2, -0.15) is 0 Å². The Morgan fingerprint density at radius 3 is 2.42 bits per heavy atom. The summed E-state index contributed by atoms with van der Waals surface area (Å²) in [6, 6.07) is 18.0. The van der Waals surface area contributed by atoms with E-state index in [1.165, 1.54) is 5.56 Å². The van der Waals surface area contributed by atoms with Crippen LogP contribution in [0.4, 0.5) is 0 Å². The third-order valence-corrected chi connectivity index (χ3v) is 5.33. The van der Waals surface area contributed by atoms with Gasteiger partial charge in [-0.15, -0.1) is 0 Å². The van der Waals surface area contributed by atoms with E-state index < -0.39 is 0 Å². The number of carbonyl (C=O) groups excluding carboxylic acids is 1. The molecule has 0 amide bonds. The van der Waals surface area contributed by atoms with Gasteiger partial charge in [0.1, 0.15) is 11.5 Å². The summed E-state index contributed by atoms with van der Waals surface area (Å²) in [5.41, 5.74) is 2.27. The molecule has 0 unspecified atom stereocenters. The molecule has 126 valence electrons. The van der Waals surface area contributed by atoms with Crippen molar-refractivity contribution in [3.63, 3.8) is 0 Å². The standard InChI is InChI=1S/C21H25NO2/c1-22(15-12-17-6-3-2-4-7-17)21(13-10-19(23)11-14-21)18-8-5-9-20(24)16-18/h2-9,16,24H,10-15H2,1H3. The summed E-state index contributed by atoms with van der Waals surface area (Å²) in [5, 5.41) is 9.91. The highest BCUT2D eigenvalue weighted by Crippen LogP contribution is 2.41. The Morgan fingerprint density at radius 2 is 1.75 bits per heavy atom. The Hall–Kier alpha value is -2.13. The van der Waals surface area contributed by atoms with Crippen LogP contribution in [0.1, 0.15) is 36.8 Å². The van der Waals surface area contributed by atoms with Crippen molar-refractivity contribution in [1.82, 2.24) is 4.90 Å². The number of hydrogen-bond acceptors (Lipinski definition) is 3. The quantitative estimate of drug-likeness (QED) is 0.907. The van der Waals surface area contributed by atoms with Crippen molar-refractivity contribution in [2.75, 3.05) is 13.6 Å². The third kappa shape index (κ3) is 3.51. The van der Waals surface area contributed by atoms with Crippen LogP contribution in [0, 0.1) is 0 Å². The predicted molar refractivity (Wildman–Crippen MR) is 96.0 cm³/mol. The van der Waals surface area contributed by atoms with Crippen LogP contribution in [0.15, 0.2) is 54.6 Å². The average Bonchev–Trinajstić information content (AvgIpc) is 2.61. The zero-order chi connectivity index (χ0) is 17.0. The number of aromatic hydroxyl groups is 1. The molecule has 24 heavy (non-hydrogen) atoms. The number of rotatable bonds is 5. The fraction of sp³-hybridized carbons (Fsp3) is 0.381. The van der Waals surface area contributed by atoms with Gasteiger partial charge in [-0.3, -0.25) is 9.69 Å². The van der Waals surface area contributed by atoms with Gasteiger partial charge in [-0.1, -0.05) is 42.5 Å². The van der Waals surface area contributed by atoms with Crippen LogP contribution in [0.5, 0.6) is 5.75 Å². The first kappa shape index (κ1) is 16.7. The summed E-state index contributed by atoms with van der Waals surface area (Å²) in [4.78, 5) is 14.2. The summed E-state index contributed by atoms with van der Waals surface area (Å²) < 4.78 is 0. The number of carbonyl (C=O) groups is 1. The lowest BCUT2D eigenvalue weighted by Crippen LogP contribution is -2.47. The van der Waals surface area contributed by atoms with Crippen LogP contribution in [0.2, 0.25) is 0 Å². The number of ketones is 1. The van der Waals surface area contributed by atoms with Gasteiger partial charge in [0.05, 0.1) is 0 Å². The van der Waals surface area contributed by atoms with Crippen LogP contribution in [0.25, 0.3) is 0 Å². The van der Waals surface area contributed by atoms with E-state index in [-0.39, 0.29) is 5.54 Å². The lowest BCUT2D eigenvalue weighted by molar-refractivity contribution is -0.123. The Balaban J connectivity index is 1.83. The highest BCUT2D eigenvalue weighted by molar-refractivity contribution is 5.79. The highest BCUT2D eigenvalue weighted by atomic mass is 16.3. The average molecular weight is 323 g/mol. The van der Waals surface area contributed by atoms with Crippen LogP contribution >= 0.6 is 0 Å². The van der Waals surface area contributed by atoms with Gasteiger partial charge in [-0.25, -0.2) is 0 Å². The maximum atomic E-state index is 11.8. The first-order valence-corrected chi connectivity index (χ1v) is 8.66. The highest BCUT2D eigenvalue weighted by Gasteiger charge is 2.39. The van der Waals surface area contributed by atoms with Gasteiger partial charge in [0.15, 0.2) is 0 Å². The fourth-order valence-corrected chi connectivity index (χ4v) is 3.78. The summed E-state index contributed by atoms with van der Waals surface area (Å²) in [7, 11) is 2.14. The van der Waals surface area contributed by atoms with Crippen molar-refractivity contribution in [2.24, 2.45) is 0 Å². The molecule has 1 aliphatic carbocycles. The Kier molecular flexibility index (Phi) is 5.00. The molecule has 1 aliphatic rings. The number of benzene rings is 2. The number of Topliss-reactive ketones (excluding diaryl/α,β-unsaturated/α-hetero) is 1. The first-order chi connectivity index (χ1) is 11.6. The van der Waals surface area contributed by atoms with E-state index in [1.54, 1.807) is 6.07 Å². The summed E-state index contributed by atoms with van der Waals surface area (Å²) >= 11 is 0. The minimum Gasteiger partial charge on any atom is -0.508 e. The van der Waals surface area contributed by atoms with E-state index in [9.17, 15) is 9.90 Å². The Labute approximate surface area is 143 Å². The van der Waals surface area contributed by atoms with Crippen LogP contribution in [-0.2, 0) is 16.8 Å². The van der Waals surface area contributed by atoms with E-state index in [1.807, 2.05) is 18.2 Å². The van der Waals surface area contributed by atoms with Gasteiger partial charge in [-0.05, 0) is 49.6 Å². The minimum atomic E-state index is -0.165. The van der Waals surface area contributed by atoms with E-state index >= 15 is 0 Å². The number of phenolic OH excluding ortho intramolecular Hbond substituents is 1. The maximum absolute atomic E-state index is 11.8. The molecule has 1 fully saturated rings. The molecule has 2 aromatic carbocycles. The molecular weight excluding hydrogens is 298 g/mol. The van der Waals surface area contributed by atoms with Crippen LogP contribution in [0.3, 0.4) is 0 Å². The molecule has 0 radical (unpaired) electrons. The molecule has 2 aromatic rings. The zero-order valence-electron chi connectivity index (χ0n) is 14.2. The molecule has 0 heterocycles.